The molecule has 6 nitrogen and oxygen atoms in total. The zero-order valence-electron chi connectivity index (χ0n) is 17.6. The van der Waals surface area contributed by atoms with Gasteiger partial charge in [-0.25, -0.2) is 0 Å². The van der Waals surface area contributed by atoms with Crippen molar-refractivity contribution in [1.82, 2.24) is 15.0 Å². The number of hydrogen-bond donors (Lipinski definition) is 0. The van der Waals surface area contributed by atoms with Gasteiger partial charge in [0, 0.05) is 31.0 Å². The minimum atomic E-state index is -0.176. The summed E-state index contributed by atoms with van der Waals surface area (Å²) in [6.45, 7) is 2.04. The van der Waals surface area contributed by atoms with Crippen molar-refractivity contribution < 1.29 is 14.1 Å². The molecule has 1 aromatic carbocycles. The van der Waals surface area contributed by atoms with Crippen LogP contribution in [0.1, 0.15) is 80.5 Å². The largest absolute Gasteiger partial charge is 0.492 e. The zero-order chi connectivity index (χ0) is 20.3. The van der Waals surface area contributed by atoms with Crippen molar-refractivity contribution in [3.8, 4) is 5.75 Å². The van der Waals surface area contributed by atoms with E-state index in [-0.39, 0.29) is 11.8 Å². The SMILES string of the molecule is O=C(C1COc2ccccc21)N1CCCC(Cc2nc(C3CCCCCC3)no2)C1. The average molecular weight is 410 g/mol. The normalized spacial score (nSPS) is 24.9. The fourth-order valence-electron chi connectivity index (χ4n) is 5.32. The molecule has 1 amide bonds. The molecular weight excluding hydrogens is 378 g/mol. The molecule has 1 aromatic heterocycles. The first kappa shape index (κ1) is 19.6. The Morgan fingerprint density at radius 1 is 1.07 bits per heavy atom. The van der Waals surface area contributed by atoms with Crippen LogP contribution in [0.4, 0.5) is 0 Å². The fraction of sp³-hybridized carbons (Fsp3) is 0.625. The predicted octanol–water partition coefficient (Wildman–Crippen LogP) is 4.46. The van der Waals surface area contributed by atoms with Crippen molar-refractivity contribution in [2.45, 2.75) is 69.6 Å². The van der Waals surface area contributed by atoms with E-state index in [0.717, 1.165) is 55.4 Å². The number of likely N-dealkylation sites (tertiary alicyclic amines) is 1. The van der Waals surface area contributed by atoms with Crippen LogP contribution in [0.2, 0.25) is 0 Å². The number of ether oxygens (including phenoxy) is 1. The highest BCUT2D eigenvalue weighted by Crippen LogP contribution is 2.36. The summed E-state index contributed by atoms with van der Waals surface area (Å²) in [5.41, 5.74) is 1.02. The maximum Gasteiger partial charge on any atom is 0.233 e. The molecule has 1 aliphatic carbocycles. The lowest BCUT2D eigenvalue weighted by atomic mass is 9.92. The summed E-state index contributed by atoms with van der Waals surface area (Å²) in [6, 6.07) is 7.90. The Morgan fingerprint density at radius 2 is 1.90 bits per heavy atom. The lowest BCUT2D eigenvalue weighted by Gasteiger charge is -2.33. The summed E-state index contributed by atoms with van der Waals surface area (Å²) >= 11 is 0. The molecule has 3 heterocycles. The standard InChI is InChI=1S/C24H31N3O3/c28-24(20-16-29-21-12-6-5-11-19(20)21)27-13-7-8-17(15-27)14-22-25-23(26-30-22)18-9-3-1-2-4-10-18/h5-6,11-12,17-18,20H,1-4,7-10,13-16H2. The first-order chi connectivity index (χ1) is 14.8. The van der Waals surface area contributed by atoms with Gasteiger partial charge >= 0.3 is 0 Å². The highest BCUT2D eigenvalue weighted by atomic mass is 16.5. The van der Waals surface area contributed by atoms with E-state index in [1.807, 2.05) is 29.2 Å². The molecule has 30 heavy (non-hydrogen) atoms. The van der Waals surface area contributed by atoms with Crippen LogP contribution < -0.4 is 4.74 Å². The monoisotopic (exact) mass is 409 g/mol. The highest BCUT2D eigenvalue weighted by Gasteiger charge is 2.35. The highest BCUT2D eigenvalue weighted by molar-refractivity contribution is 5.85. The maximum absolute atomic E-state index is 13.2. The molecule has 5 rings (SSSR count). The molecule has 2 atom stereocenters. The third-order valence-corrected chi connectivity index (χ3v) is 7.00. The molecule has 2 aliphatic heterocycles. The summed E-state index contributed by atoms with van der Waals surface area (Å²) in [4.78, 5) is 20.0. The van der Waals surface area contributed by atoms with Crippen molar-refractivity contribution in [2.75, 3.05) is 19.7 Å². The molecule has 3 aliphatic rings. The molecule has 0 bridgehead atoms. The second kappa shape index (κ2) is 8.78. The molecule has 160 valence electrons. The van der Waals surface area contributed by atoms with Crippen LogP contribution in [0.15, 0.2) is 28.8 Å². The molecule has 0 radical (unpaired) electrons. The van der Waals surface area contributed by atoms with Crippen LogP contribution in [0, 0.1) is 5.92 Å². The van der Waals surface area contributed by atoms with Crippen molar-refractivity contribution in [1.29, 1.82) is 0 Å². The molecule has 1 saturated heterocycles. The van der Waals surface area contributed by atoms with Crippen LogP contribution in [0.25, 0.3) is 0 Å². The molecule has 2 fully saturated rings. The fourth-order valence-corrected chi connectivity index (χ4v) is 5.32. The summed E-state index contributed by atoms with van der Waals surface area (Å²) in [7, 11) is 0. The van der Waals surface area contributed by atoms with Gasteiger partial charge in [0.15, 0.2) is 5.82 Å². The summed E-state index contributed by atoms with van der Waals surface area (Å²) in [5.74, 6) is 3.33. The lowest BCUT2D eigenvalue weighted by Crippen LogP contribution is -2.43. The number of rotatable bonds is 4. The Morgan fingerprint density at radius 3 is 2.77 bits per heavy atom. The number of fused-ring (bicyclic) bond motifs is 1. The van der Waals surface area contributed by atoms with E-state index < -0.39 is 0 Å². The molecule has 6 heteroatoms. The number of hydrogen-bond acceptors (Lipinski definition) is 5. The number of piperidine rings is 1. The number of carbonyl (C=O) groups is 1. The summed E-state index contributed by atoms with van der Waals surface area (Å²) in [5, 5.41) is 4.31. The molecule has 1 saturated carbocycles. The summed E-state index contributed by atoms with van der Waals surface area (Å²) in [6.07, 6.45) is 10.4. The van der Waals surface area contributed by atoms with Gasteiger partial charge in [0.25, 0.3) is 0 Å². The van der Waals surface area contributed by atoms with Gasteiger partial charge in [-0.2, -0.15) is 4.98 Å². The second-order valence-electron chi connectivity index (χ2n) is 9.13. The van der Waals surface area contributed by atoms with Crippen LogP contribution in [-0.4, -0.2) is 40.6 Å². The van der Waals surface area contributed by atoms with Crippen molar-refractivity contribution in [2.24, 2.45) is 5.92 Å². The minimum absolute atomic E-state index is 0.176. The second-order valence-corrected chi connectivity index (χ2v) is 9.13. The predicted molar refractivity (Wildman–Crippen MR) is 112 cm³/mol. The maximum atomic E-state index is 13.2. The van der Waals surface area contributed by atoms with Crippen LogP contribution in [0.5, 0.6) is 5.75 Å². The summed E-state index contributed by atoms with van der Waals surface area (Å²) < 4.78 is 11.4. The van der Waals surface area contributed by atoms with Gasteiger partial charge in [0.1, 0.15) is 18.3 Å². The van der Waals surface area contributed by atoms with Gasteiger partial charge < -0.3 is 14.2 Å². The number of benzene rings is 1. The average Bonchev–Trinajstić information content (AvgIpc) is 3.33. The van der Waals surface area contributed by atoms with E-state index in [1.54, 1.807) is 0 Å². The van der Waals surface area contributed by atoms with Crippen LogP contribution >= 0.6 is 0 Å². The van der Waals surface area contributed by atoms with E-state index in [0.29, 0.717) is 18.4 Å². The molecule has 0 spiro atoms. The Bertz CT molecular complexity index is 872. The molecule has 2 aromatic rings. The van der Waals surface area contributed by atoms with Crippen molar-refractivity contribution in [3.05, 3.63) is 41.5 Å². The van der Waals surface area contributed by atoms with Gasteiger partial charge in [-0.05, 0) is 37.7 Å². The molecular formula is C24H31N3O3. The van der Waals surface area contributed by atoms with Gasteiger partial charge in [-0.15, -0.1) is 0 Å². The zero-order valence-corrected chi connectivity index (χ0v) is 17.6. The Kier molecular flexibility index (Phi) is 5.73. The van der Waals surface area contributed by atoms with E-state index >= 15 is 0 Å². The number of amides is 1. The van der Waals surface area contributed by atoms with Gasteiger partial charge in [0.05, 0.1) is 0 Å². The first-order valence-corrected chi connectivity index (χ1v) is 11.6. The Hall–Kier alpha value is -2.37. The van der Waals surface area contributed by atoms with Gasteiger partial charge in [-0.1, -0.05) is 49.0 Å². The first-order valence-electron chi connectivity index (χ1n) is 11.6. The smallest absolute Gasteiger partial charge is 0.233 e. The third kappa shape index (κ3) is 4.09. The number of para-hydroxylation sites is 1. The number of nitrogens with zero attached hydrogens (tertiary/aromatic N) is 3. The lowest BCUT2D eigenvalue weighted by molar-refractivity contribution is -0.134. The molecule has 2 unspecified atom stereocenters. The van der Waals surface area contributed by atoms with Crippen molar-refractivity contribution >= 4 is 5.91 Å². The number of aromatic nitrogens is 2. The number of carbonyl (C=O) groups excluding carboxylic acids is 1. The van der Waals surface area contributed by atoms with E-state index in [2.05, 4.69) is 5.16 Å². The van der Waals surface area contributed by atoms with Gasteiger partial charge in [-0.3, -0.25) is 4.79 Å². The Balaban J connectivity index is 1.21. The third-order valence-electron chi connectivity index (χ3n) is 7.00. The van der Waals surface area contributed by atoms with Gasteiger partial charge in [0.2, 0.25) is 11.8 Å². The van der Waals surface area contributed by atoms with Crippen molar-refractivity contribution in [3.63, 3.8) is 0 Å². The van der Waals surface area contributed by atoms with E-state index in [9.17, 15) is 4.79 Å². The van der Waals surface area contributed by atoms with E-state index in [1.165, 1.54) is 38.5 Å². The van der Waals surface area contributed by atoms with Crippen LogP contribution in [0.3, 0.4) is 0 Å². The quantitative estimate of drug-likeness (QED) is 0.697. The topological polar surface area (TPSA) is 68.5 Å². The molecule has 0 N–H and O–H groups in total. The Labute approximate surface area is 178 Å². The van der Waals surface area contributed by atoms with Crippen LogP contribution in [-0.2, 0) is 11.2 Å². The van der Waals surface area contributed by atoms with E-state index in [4.69, 9.17) is 14.2 Å². The minimum Gasteiger partial charge on any atom is -0.492 e.